The molecule has 0 heterocycles. The third-order valence-corrected chi connectivity index (χ3v) is 10.5. The highest BCUT2D eigenvalue weighted by Crippen LogP contribution is 2.54. The van der Waals surface area contributed by atoms with Gasteiger partial charge in [-0.25, -0.2) is 0 Å². The molecular weight excluding hydrogens is 472 g/mol. The van der Waals surface area contributed by atoms with Crippen molar-refractivity contribution in [2.24, 2.45) is 22.7 Å². The summed E-state index contributed by atoms with van der Waals surface area (Å²) in [5.74, 6) is 1.76. The Hall–Kier alpha value is -2.56. The van der Waals surface area contributed by atoms with Gasteiger partial charge in [-0.15, -0.1) is 0 Å². The van der Waals surface area contributed by atoms with Crippen molar-refractivity contribution in [3.8, 4) is 11.5 Å². The van der Waals surface area contributed by atoms with Crippen LogP contribution in [0.3, 0.4) is 0 Å². The first kappa shape index (κ1) is 27.0. The van der Waals surface area contributed by atoms with E-state index in [1.54, 1.807) is 12.1 Å². The highest BCUT2D eigenvalue weighted by Gasteiger charge is 2.47. The molecule has 0 saturated heterocycles. The van der Waals surface area contributed by atoms with Crippen LogP contribution in [0.25, 0.3) is 11.1 Å². The zero-order valence-electron chi connectivity index (χ0n) is 23.4. The lowest BCUT2D eigenvalue weighted by molar-refractivity contribution is 0.0400. The summed E-state index contributed by atoms with van der Waals surface area (Å²) in [6.45, 7) is 8.55. The Bertz CT molecular complexity index is 1260. The quantitative estimate of drug-likeness (QED) is 0.337. The fourth-order valence-electron chi connectivity index (χ4n) is 7.68. The summed E-state index contributed by atoms with van der Waals surface area (Å²) in [4.78, 5) is 0. The van der Waals surface area contributed by atoms with Crippen LogP contribution in [-0.4, -0.2) is 32.6 Å². The number of benzene rings is 2. The highest BCUT2D eigenvalue weighted by molar-refractivity contribution is 5.71. The molecule has 0 bridgehead atoms. The van der Waals surface area contributed by atoms with Gasteiger partial charge in [0.2, 0.25) is 0 Å². The van der Waals surface area contributed by atoms with E-state index >= 15 is 0 Å². The van der Waals surface area contributed by atoms with Crippen molar-refractivity contribution in [3.63, 3.8) is 0 Å². The van der Waals surface area contributed by atoms with Gasteiger partial charge >= 0.3 is 0 Å². The first-order valence-electron chi connectivity index (χ1n) is 14.4. The number of allylic oxidation sites excluding steroid dienone is 4. The lowest BCUT2D eigenvalue weighted by atomic mass is 9.68. The van der Waals surface area contributed by atoms with E-state index < -0.39 is 0 Å². The molecule has 0 aromatic heterocycles. The first-order valence-corrected chi connectivity index (χ1v) is 14.4. The summed E-state index contributed by atoms with van der Waals surface area (Å²) in [6, 6.07) is 11.2. The zero-order chi connectivity index (χ0) is 27.2. The summed E-state index contributed by atoms with van der Waals surface area (Å²) in [7, 11) is 0. The van der Waals surface area contributed by atoms with E-state index in [9.17, 15) is 20.4 Å². The molecule has 38 heavy (non-hydrogen) atoms. The normalized spacial score (nSPS) is 33.9. The Morgan fingerprint density at radius 1 is 0.737 bits per heavy atom. The Morgan fingerprint density at radius 2 is 1.32 bits per heavy atom. The number of aliphatic hydroxyl groups is 2. The standard InChI is InChI=1S/2C17H22O2/c2*1-11-9-14(18)4-5-15(11)12-7-8-17(2)13(10-12)3-6-16(17)19/h4-5,9-10,13,16,18-19H,3,6-8H2,1-2H3;4-5,7,9,13,16,18-19H,3,6,8,10H2,1-2H3/t2*13?,16-,17-/m00/s1. The summed E-state index contributed by atoms with van der Waals surface area (Å²) < 4.78 is 0. The molecule has 4 heteroatoms. The van der Waals surface area contributed by atoms with Crippen molar-refractivity contribution in [2.75, 3.05) is 0 Å². The van der Waals surface area contributed by atoms with Crippen LogP contribution in [0.2, 0.25) is 0 Å². The van der Waals surface area contributed by atoms with E-state index in [0.29, 0.717) is 23.3 Å². The molecule has 2 unspecified atom stereocenters. The molecule has 0 spiro atoms. The number of aromatic hydroxyl groups is 2. The maximum absolute atomic E-state index is 10.2. The minimum Gasteiger partial charge on any atom is -0.508 e. The van der Waals surface area contributed by atoms with Gasteiger partial charge in [-0.1, -0.05) is 38.1 Å². The van der Waals surface area contributed by atoms with Crippen molar-refractivity contribution in [3.05, 3.63) is 70.8 Å². The molecule has 204 valence electrons. The van der Waals surface area contributed by atoms with Crippen molar-refractivity contribution in [2.45, 2.75) is 91.3 Å². The Labute approximate surface area is 227 Å². The molecule has 0 amide bonds. The van der Waals surface area contributed by atoms with E-state index in [1.165, 1.54) is 22.3 Å². The second kappa shape index (κ2) is 10.2. The van der Waals surface area contributed by atoms with Gasteiger partial charge in [-0.3, -0.25) is 0 Å². The van der Waals surface area contributed by atoms with Gasteiger partial charge in [-0.2, -0.15) is 0 Å². The molecule has 2 fully saturated rings. The topological polar surface area (TPSA) is 80.9 Å². The summed E-state index contributed by atoms with van der Waals surface area (Å²) in [5.41, 5.74) is 7.69. The number of phenolic OH excluding ortho intramolecular Hbond substituents is 2. The van der Waals surface area contributed by atoms with Crippen molar-refractivity contribution >= 4 is 11.1 Å². The predicted octanol–water partition coefficient (Wildman–Crippen LogP) is 7.31. The molecule has 0 aliphatic heterocycles. The van der Waals surface area contributed by atoms with E-state index in [1.807, 2.05) is 38.1 Å². The van der Waals surface area contributed by atoms with Crippen LogP contribution < -0.4 is 0 Å². The summed E-state index contributed by atoms with van der Waals surface area (Å²) in [6.07, 6.45) is 12.6. The molecule has 4 aliphatic carbocycles. The van der Waals surface area contributed by atoms with Gasteiger partial charge in [0.1, 0.15) is 11.5 Å². The lowest BCUT2D eigenvalue weighted by Gasteiger charge is -2.38. The second-order valence-electron chi connectivity index (χ2n) is 12.8. The van der Waals surface area contributed by atoms with E-state index in [-0.39, 0.29) is 23.0 Å². The third kappa shape index (κ3) is 4.82. The van der Waals surface area contributed by atoms with Gasteiger partial charge in [0.25, 0.3) is 0 Å². The SMILES string of the molecule is Cc1cc(O)ccc1C1=CC2CC[C@H](O)[C@@]2(C)CC1.Cc1cc(O)ccc1C1=CC[C@@]2(C)C(CC[C@@H]2O)C1. The molecule has 4 aliphatic rings. The number of hydrogen-bond donors (Lipinski definition) is 4. The smallest absolute Gasteiger partial charge is 0.115 e. The number of phenols is 2. The third-order valence-electron chi connectivity index (χ3n) is 10.5. The molecule has 0 radical (unpaired) electrons. The van der Waals surface area contributed by atoms with Gasteiger partial charge in [0, 0.05) is 10.8 Å². The number of aliphatic hydroxyl groups excluding tert-OH is 2. The molecule has 4 nitrogen and oxygen atoms in total. The number of aryl methyl sites for hydroxylation is 2. The predicted molar refractivity (Wildman–Crippen MR) is 154 cm³/mol. The number of fused-ring (bicyclic) bond motifs is 2. The van der Waals surface area contributed by atoms with Crippen LogP contribution in [0, 0.1) is 36.5 Å². The number of hydrogen-bond acceptors (Lipinski definition) is 4. The van der Waals surface area contributed by atoms with E-state index in [4.69, 9.17) is 0 Å². The molecular formula is C34H44O4. The maximum Gasteiger partial charge on any atom is 0.115 e. The summed E-state index contributed by atoms with van der Waals surface area (Å²) >= 11 is 0. The monoisotopic (exact) mass is 516 g/mol. The molecule has 6 atom stereocenters. The Kier molecular flexibility index (Phi) is 7.26. The van der Waals surface area contributed by atoms with E-state index in [0.717, 1.165) is 62.5 Å². The fourth-order valence-corrected chi connectivity index (χ4v) is 7.68. The molecule has 2 aromatic rings. The molecule has 2 saturated carbocycles. The van der Waals surface area contributed by atoms with Gasteiger partial charge in [0.05, 0.1) is 12.2 Å². The number of rotatable bonds is 2. The largest absolute Gasteiger partial charge is 0.508 e. The Morgan fingerprint density at radius 3 is 1.95 bits per heavy atom. The highest BCUT2D eigenvalue weighted by atomic mass is 16.3. The fraction of sp³-hybridized carbons (Fsp3) is 0.529. The van der Waals surface area contributed by atoms with Crippen LogP contribution >= 0.6 is 0 Å². The minimum atomic E-state index is -0.142. The molecule has 2 aromatic carbocycles. The van der Waals surface area contributed by atoms with Gasteiger partial charge in [-0.05, 0) is 135 Å². The minimum absolute atomic E-state index is 0.0777. The van der Waals surface area contributed by atoms with E-state index in [2.05, 4.69) is 26.0 Å². The maximum atomic E-state index is 10.2. The second-order valence-corrected chi connectivity index (χ2v) is 12.8. The first-order chi connectivity index (χ1) is 18.0. The van der Waals surface area contributed by atoms with Crippen LogP contribution in [0.4, 0.5) is 0 Å². The average Bonchev–Trinajstić information content (AvgIpc) is 3.34. The van der Waals surface area contributed by atoms with Crippen LogP contribution in [0.5, 0.6) is 11.5 Å². The zero-order valence-corrected chi connectivity index (χ0v) is 23.4. The van der Waals surface area contributed by atoms with Gasteiger partial charge < -0.3 is 20.4 Å². The van der Waals surface area contributed by atoms with Crippen LogP contribution in [0.15, 0.2) is 48.6 Å². The van der Waals surface area contributed by atoms with Crippen LogP contribution in [0.1, 0.15) is 87.5 Å². The lowest BCUT2D eigenvalue weighted by Crippen LogP contribution is -2.34. The summed E-state index contributed by atoms with van der Waals surface area (Å²) in [5, 5.41) is 39.4. The van der Waals surface area contributed by atoms with Crippen molar-refractivity contribution < 1.29 is 20.4 Å². The van der Waals surface area contributed by atoms with Crippen molar-refractivity contribution in [1.29, 1.82) is 0 Å². The van der Waals surface area contributed by atoms with Crippen LogP contribution in [-0.2, 0) is 0 Å². The molecule has 4 N–H and O–H groups in total. The molecule has 6 rings (SSSR count). The Balaban J connectivity index is 0.000000155. The van der Waals surface area contributed by atoms with Crippen molar-refractivity contribution in [1.82, 2.24) is 0 Å². The average molecular weight is 517 g/mol. The van der Waals surface area contributed by atoms with Gasteiger partial charge in [0.15, 0.2) is 0 Å².